The molecule has 0 aliphatic heterocycles. The molecule has 1 aliphatic rings. The first-order valence-corrected chi connectivity index (χ1v) is 14.8. The molecule has 206 valence electrons. The van der Waals surface area contributed by atoms with E-state index in [0.29, 0.717) is 13.2 Å². The second-order valence-corrected chi connectivity index (χ2v) is 11.5. The van der Waals surface area contributed by atoms with E-state index in [0.717, 1.165) is 65.4 Å². The maximum atomic E-state index is 11.1. The lowest BCUT2D eigenvalue weighted by Gasteiger charge is -2.15. The molecule has 1 atom stereocenters. The molecule has 6 heteroatoms. The number of carbonyl (C=O) groups is 1. The van der Waals surface area contributed by atoms with Crippen LogP contribution in [-0.2, 0) is 23.1 Å². The highest BCUT2D eigenvalue weighted by molar-refractivity contribution is 7.13. The molecule has 5 nitrogen and oxygen atoms in total. The van der Waals surface area contributed by atoms with Gasteiger partial charge < -0.3 is 14.6 Å². The van der Waals surface area contributed by atoms with Crippen LogP contribution in [0.25, 0.3) is 10.6 Å². The Bertz CT molecular complexity index is 1190. The van der Waals surface area contributed by atoms with Crippen LogP contribution in [0.5, 0.6) is 11.5 Å². The van der Waals surface area contributed by atoms with Crippen LogP contribution in [0.1, 0.15) is 95.5 Å². The van der Waals surface area contributed by atoms with Gasteiger partial charge in [-0.2, -0.15) is 0 Å². The maximum Gasteiger partial charge on any atom is 0.303 e. The quantitative estimate of drug-likeness (QED) is 0.249. The summed E-state index contributed by atoms with van der Waals surface area (Å²) in [6.45, 7) is 13.9. The number of hydrogen-bond acceptors (Lipinski definition) is 5. The van der Waals surface area contributed by atoms with Crippen molar-refractivity contribution >= 4 is 17.3 Å². The molecular formula is C32H43NO4S. The normalized spacial score (nSPS) is 14.4. The van der Waals surface area contributed by atoms with Gasteiger partial charge in [0.05, 0.1) is 25.3 Å². The summed E-state index contributed by atoms with van der Waals surface area (Å²) in [4.78, 5) is 15.9. The smallest absolute Gasteiger partial charge is 0.303 e. The molecule has 4 rings (SSSR count). The molecule has 0 amide bonds. The number of rotatable bonds is 11. The van der Waals surface area contributed by atoms with Gasteiger partial charge in [-0.1, -0.05) is 54.0 Å². The van der Waals surface area contributed by atoms with E-state index in [1.165, 1.54) is 11.1 Å². The van der Waals surface area contributed by atoms with Gasteiger partial charge in [0.1, 0.15) is 16.5 Å². The van der Waals surface area contributed by atoms with Gasteiger partial charge in [0.25, 0.3) is 0 Å². The number of aryl methyl sites for hydroxylation is 2. The molecule has 1 N–H and O–H groups in total. The van der Waals surface area contributed by atoms with Gasteiger partial charge in [-0.05, 0) is 72.2 Å². The molecule has 1 unspecified atom stereocenters. The second-order valence-electron chi connectivity index (χ2n) is 10.6. The Kier molecular flexibility index (Phi) is 10.8. The zero-order chi connectivity index (χ0) is 27.7. The molecule has 1 aliphatic carbocycles. The average molecular weight is 538 g/mol. The van der Waals surface area contributed by atoms with Gasteiger partial charge >= 0.3 is 5.97 Å². The van der Waals surface area contributed by atoms with E-state index in [-0.39, 0.29) is 17.8 Å². The van der Waals surface area contributed by atoms with E-state index >= 15 is 0 Å². The van der Waals surface area contributed by atoms with Crippen molar-refractivity contribution in [1.29, 1.82) is 0 Å². The SMILES string of the molecule is CC.CCCc1cc(-c2nc(C(C)(C)C)cs2)ccc1OCCCOc1ccc2c(c1)CCC2CC(=O)O. The van der Waals surface area contributed by atoms with E-state index in [9.17, 15) is 4.79 Å². The summed E-state index contributed by atoms with van der Waals surface area (Å²) in [6, 6.07) is 12.5. The first-order valence-electron chi connectivity index (χ1n) is 13.9. The van der Waals surface area contributed by atoms with Crippen molar-refractivity contribution in [3.8, 4) is 22.1 Å². The van der Waals surface area contributed by atoms with Crippen LogP contribution in [-0.4, -0.2) is 29.3 Å². The van der Waals surface area contributed by atoms with Gasteiger partial charge in [0, 0.05) is 22.8 Å². The van der Waals surface area contributed by atoms with Crippen LogP contribution >= 0.6 is 11.3 Å². The number of carboxylic acid groups (broad SMARTS) is 1. The van der Waals surface area contributed by atoms with Crippen molar-refractivity contribution in [2.75, 3.05) is 13.2 Å². The van der Waals surface area contributed by atoms with Crippen molar-refractivity contribution < 1.29 is 19.4 Å². The largest absolute Gasteiger partial charge is 0.493 e. The fourth-order valence-electron chi connectivity index (χ4n) is 4.69. The Hall–Kier alpha value is -2.86. The standard InChI is InChI=1S/C30H37NO4S.C2H6/c1-5-7-22-16-23(29-31-27(19-36-29)30(2,3)4)10-13-26(22)35-15-6-14-34-24-11-12-25-20(17-24)8-9-21(25)18-28(32)33;1-2/h10-13,16-17,19,21H,5-9,14-15,18H2,1-4H3,(H,32,33);1-2H3. The summed E-state index contributed by atoms with van der Waals surface area (Å²) in [5.41, 5.74) is 5.92. The second kappa shape index (κ2) is 13.8. The number of fused-ring (bicyclic) bond motifs is 1. The topological polar surface area (TPSA) is 68.7 Å². The molecule has 0 bridgehead atoms. The van der Waals surface area contributed by atoms with E-state index in [1.807, 2.05) is 26.0 Å². The summed E-state index contributed by atoms with van der Waals surface area (Å²) >= 11 is 1.70. The van der Waals surface area contributed by atoms with Gasteiger partial charge in [0.2, 0.25) is 0 Å². The van der Waals surface area contributed by atoms with Crippen LogP contribution in [0.4, 0.5) is 0 Å². The van der Waals surface area contributed by atoms with Crippen molar-refractivity contribution in [2.24, 2.45) is 0 Å². The maximum absolute atomic E-state index is 11.1. The van der Waals surface area contributed by atoms with Crippen molar-refractivity contribution in [2.45, 2.75) is 91.4 Å². The number of hydrogen-bond donors (Lipinski definition) is 1. The van der Waals surface area contributed by atoms with Crippen LogP contribution in [0, 0.1) is 0 Å². The Morgan fingerprint density at radius 3 is 2.55 bits per heavy atom. The van der Waals surface area contributed by atoms with Crippen molar-refractivity contribution in [3.05, 3.63) is 64.2 Å². The van der Waals surface area contributed by atoms with Gasteiger partial charge in [0.15, 0.2) is 0 Å². The third-order valence-corrected chi connectivity index (χ3v) is 7.54. The van der Waals surface area contributed by atoms with Crippen LogP contribution in [0.2, 0.25) is 0 Å². The number of carboxylic acids is 1. The average Bonchev–Trinajstić information content (AvgIpc) is 3.54. The minimum atomic E-state index is -0.734. The van der Waals surface area contributed by atoms with E-state index in [1.54, 1.807) is 11.3 Å². The molecular weight excluding hydrogens is 494 g/mol. The molecule has 0 saturated heterocycles. The third-order valence-electron chi connectivity index (χ3n) is 6.65. The molecule has 0 saturated carbocycles. The molecule has 2 aromatic carbocycles. The fourth-order valence-corrected chi connectivity index (χ4v) is 5.74. The zero-order valence-electron chi connectivity index (χ0n) is 23.8. The predicted molar refractivity (Wildman–Crippen MR) is 157 cm³/mol. The number of nitrogens with zero attached hydrogens (tertiary/aromatic N) is 1. The van der Waals surface area contributed by atoms with E-state index < -0.39 is 5.97 Å². The van der Waals surface area contributed by atoms with E-state index in [2.05, 4.69) is 57.3 Å². The minimum Gasteiger partial charge on any atom is -0.493 e. The number of aromatic nitrogens is 1. The van der Waals surface area contributed by atoms with Crippen LogP contribution in [0.3, 0.4) is 0 Å². The predicted octanol–water partition coefficient (Wildman–Crippen LogP) is 8.44. The first kappa shape index (κ1) is 29.7. The number of aliphatic carboxylic acids is 1. The Morgan fingerprint density at radius 1 is 1.11 bits per heavy atom. The highest BCUT2D eigenvalue weighted by Crippen LogP contribution is 2.37. The summed E-state index contributed by atoms with van der Waals surface area (Å²) < 4.78 is 12.1. The molecule has 38 heavy (non-hydrogen) atoms. The van der Waals surface area contributed by atoms with Crippen LogP contribution in [0.15, 0.2) is 41.8 Å². The summed E-state index contributed by atoms with van der Waals surface area (Å²) in [7, 11) is 0. The highest BCUT2D eigenvalue weighted by atomic mass is 32.1. The van der Waals surface area contributed by atoms with Gasteiger partial charge in [-0.15, -0.1) is 11.3 Å². The van der Waals surface area contributed by atoms with Gasteiger partial charge in [-0.25, -0.2) is 4.98 Å². The minimum absolute atomic E-state index is 0.0503. The number of benzene rings is 2. The number of thiazole rings is 1. The van der Waals surface area contributed by atoms with Crippen molar-refractivity contribution in [3.63, 3.8) is 0 Å². The summed E-state index contributed by atoms with van der Waals surface area (Å²) in [5.74, 6) is 1.18. The summed E-state index contributed by atoms with van der Waals surface area (Å²) in [6.07, 6.45) is 4.83. The molecule has 3 aromatic rings. The lowest BCUT2D eigenvalue weighted by molar-refractivity contribution is -0.137. The highest BCUT2D eigenvalue weighted by Gasteiger charge is 2.25. The van der Waals surface area contributed by atoms with Crippen molar-refractivity contribution in [1.82, 2.24) is 4.98 Å². The lowest BCUT2D eigenvalue weighted by atomic mass is 9.93. The Labute approximate surface area is 232 Å². The molecule has 1 heterocycles. The fraction of sp³-hybridized carbons (Fsp3) is 0.500. The monoisotopic (exact) mass is 537 g/mol. The molecule has 0 radical (unpaired) electrons. The third kappa shape index (κ3) is 7.83. The lowest BCUT2D eigenvalue weighted by Crippen LogP contribution is -2.11. The molecule has 0 spiro atoms. The summed E-state index contributed by atoms with van der Waals surface area (Å²) in [5, 5.41) is 12.3. The Morgan fingerprint density at radius 2 is 1.87 bits per heavy atom. The zero-order valence-corrected chi connectivity index (χ0v) is 24.6. The van der Waals surface area contributed by atoms with Gasteiger partial charge in [-0.3, -0.25) is 4.79 Å². The first-order chi connectivity index (χ1) is 18.2. The Balaban J connectivity index is 0.00000195. The number of ether oxygens (including phenoxy) is 2. The molecule has 1 aromatic heterocycles. The van der Waals surface area contributed by atoms with E-state index in [4.69, 9.17) is 19.6 Å². The molecule has 0 fully saturated rings. The van der Waals surface area contributed by atoms with Crippen LogP contribution < -0.4 is 9.47 Å².